The van der Waals surface area contributed by atoms with Gasteiger partial charge in [0.1, 0.15) is 15.8 Å². The van der Waals surface area contributed by atoms with Gasteiger partial charge in [-0.2, -0.15) is 0 Å². The Balaban J connectivity index is 3.08. The Labute approximate surface area is 99.2 Å². The molecule has 1 rings (SSSR count). The zero-order chi connectivity index (χ0) is 11.6. The molecule has 15 heavy (non-hydrogen) atoms. The van der Waals surface area contributed by atoms with Crippen molar-refractivity contribution in [1.82, 2.24) is 14.9 Å². The molecular formula is C8H13N5S2. The number of nitrogens with two attached hydrogens (primary N) is 1. The van der Waals surface area contributed by atoms with E-state index in [9.17, 15) is 0 Å². The first-order chi connectivity index (χ1) is 6.97. The van der Waals surface area contributed by atoms with E-state index in [-0.39, 0.29) is 5.84 Å². The lowest BCUT2D eigenvalue weighted by Crippen LogP contribution is -2.31. The molecule has 5 nitrogen and oxygen atoms in total. The standard InChI is InChI=1S/C8H13N5S2/c1-4-11-6(8(15)13(4)3)12-5(9)7(14)10-2/h15H,1-3H3,(H2,9,12)(H,10,14). The molecule has 3 N–H and O–H groups in total. The minimum absolute atomic E-state index is 0.237. The van der Waals surface area contributed by atoms with Crippen molar-refractivity contribution in [1.29, 1.82) is 0 Å². The lowest BCUT2D eigenvalue weighted by atomic mass is 10.5. The maximum absolute atomic E-state index is 5.65. The number of aryl methyl sites for hydroxylation is 1. The molecule has 0 atom stereocenters. The third-order valence-corrected chi connectivity index (χ3v) is 2.87. The molecule has 1 heterocycles. The van der Waals surface area contributed by atoms with E-state index in [0.29, 0.717) is 15.8 Å². The molecule has 0 unspecified atom stereocenters. The molecule has 0 spiro atoms. The predicted molar refractivity (Wildman–Crippen MR) is 68.1 cm³/mol. The van der Waals surface area contributed by atoms with Gasteiger partial charge in [0.25, 0.3) is 0 Å². The van der Waals surface area contributed by atoms with Gasteiger partial charge in [0.15, 0.2) is 11.7 Å². The molecule has 0 radical (unpaired) electrons. The Morgan fingerprint density at radius 2 is 2.27 bits per heavy atom. The summed E-state index contributed by atoms with van der Waals surface area (Å²) in [6, 6.07) is 0. The van der Waals surface area contributed by atoms with Gasteiger partial charge in [0.05, 0.1) is 0 Å². The maximum Gasteiger partial charge on any atom is 0.186 e. The van der Waals surface area contributed by atoms with Crippen LogP contribution in [0, 0.1) is 6.92 Å². The van der Waals surface area contributed by atoms with Crippen LogP contribution in [0.4, 0.5) is 5.82 Å². The normalized spacial score (nSPS) is 11.6. The molecule has 0 aliphatic rings. The lowest BCUT2D eigenvalue weighted by molar-refractivity contribution is 0.788. The molecular weight excluding hydrogens is 230 g/mol. The molecule has 0 aliphatic heterocycles. The number of rotatable bonds is 1. The van der Waals surface area contributed by atoms with Crippen LogP contribution in [0.5, 0.6) is 0 Å². The monoisotopic (exact) mass is 243 g/mol. The molecule has 0 saturated carbocycles. The fraction of sp³-hybridized carbons (Fsp3) is 0.375. The number of imidazole rings is 1. The van der Waals surface area contributed by atoms with Gasteiger partial charge in [0, 0.05) is 14.1 Å². The summed E-state index contributed by atoms with van der Waals surface area (Å²) in [4.78, 5) is 8.69. The van der Waals surface area contributed by atoms with Crippen molar-refractivity contribution in [3.05, 3.63) is 5.82 Å². The van der Waals surface area contributed by atoms with Gasteiger partial charge in [-0.1, -0.05) is 12.2 Å². The second-order valence-corrected chi connectivity index (χ2v) is 3.77. The summed E-state index contributed by atoms with van der Waals surface area (Å²) in [6.07, 6.45) is 0. The fourth-order valence-electron chi connectivity index (χ4n) is 0.949. The first-order valence-corrected chi connectivity index (χ1v) is 5.11. The molecule has 1 aromatic rings. The number of likely N-dealkylation sites (N-methyl/N-ethyl adjacent to an activating group) is 1. The summed E-state index contributed by atoms with van der Waals surface area (Å²) in [5, 5.41) is 3.40. The highest BCUT2D eigenvalue weighted by molar-refractivity contribution is 7.82. The third-order valence-electron chi connectivity index (χ3n) is 1.96. The number of nitrogens with one attached hydrogen (secondary N) is 1. The molecule has 0 bridgehead atoms. The molecule has 0 aromatic carbocycles. The summed E-state index contributed by atoms with van der Waals surface area (Å²) in [5.74, 6) is 1.54. The zero-order valence-corrected chi connectivity index (χ0v) is 10.5. The van der Waals surface area contributed by atoms with Crippen LogP contribution >= 0.6 is 24.8 Å². The smallest absolute Gasteiger partial charge is 0.186 e. The van der Waals surface area contributed by atoms with E-state index in [0.717, 1.165) is 5.82 Å². The third kappa shape index (κ3) is 2.48. The van der Waals surface area contributed by atoms with Crippen molar-refractivity contribution in [2.24, 2.45) is 17.8 Å². The van der Waals surface area contributed by atoms with Gasteiger partial charge < -0.3 is 15.6 Å². The fourth-order valence-corrected chi connectivity index (χ4v) is 1.24. The van der Waals surface area contributed by atoms with E-state index in [1.54, 1.807) is 7.05 Å². The molecule has 0 amide bonds. The van der Waals surface area contributed by atoms with Crippen LogP contribution in [0.2, 0.25) is 0 Å². The van der Waals surface area contributed by atoms with E-state index in [1.807, 2.05) is 18.5 Å². The Morgan fingerprint density at radius 3 is 2.67 bits per heavy atom. The van der Waals surface area contributed by atoms with Gasteiger partial charge in [-0.15, -0.1) is 12.6 Å². The summed E-state index contributed by atoms with van der Waals surface area (Å²) in [6.45, 7) is 1.87. The van der Waals surface area contributed by atoms with Crippen molar-refractivity contribution in [2.45, 2.75) is 11.9 Å². The van der Waals surface area contributed by atoms with Crippen LogP contribution in [0.3, 0.4) is 0 Å². The van der Waals surface area contributed by atoms with Gasteiger partial charge in [-0.25, -0.2) is 9.98 Å². The van der Waals surface area contributed by atoms with Crippen molar-refractivity contribution in [3.8, 4) is 0 Å². The average Bonchev–Trinajstić information content (AvgIpc) is 2.45. The highest BCUT2D eigenvalue weighted by atomic mass is 32.1. The molecule has 7 heteroatoms. The predicted octanol–water partition coefficient (Wildman–Crippen LogP) is 0.553. The molecule has 0 fully saturated rings. The van der Waals surface area contributed by atoms with E-state index >= 15 is 0 Å². The van der Waals surface area contributed by atoms with Crippen LogP contribution in [-0.4, -0.2) is 27.4 Å². The lowest BCUT2D eigenvalue weighted by Gasteiger charge is -2.00. The quantitative estimate of drug-likeness (QED) is 0.292. The van der Waals surface area contributed by atoms with Crippen molar-refractivity contribution < 1.29 is 0 Å². The van der Waals surface area contributed by atoms with Crippen molar-refractivity contribution in [2.75, 3.05) is 7.05 Å². The highest BCUT2D eigenvalue weighted by Gasteiger charge is 2.09. The van der Waals surface area contributed by atoms with Gasteiger partial charge in [-0.05, 0) is 6.92 Å². The number of hydrogen-bond donors (Lipinski definition) is 3. The van der Waals surface area contributed by atoms with Crippen LogP contribution in [0.15, 0.2) is 10.0 Å². The number of thiol groups is 1. The van der Waals surface area contributed by atoms with Gasteiger partial charge in [0.2, 0.25) is 0 Å². The molecule has 1 aromatic heterocycles. The van der Waals surface area contributed by atoms with Gasteiger partial charge >= 0.3 is 0 Å². The number of amidine groups is 1. The number of aliphatic imine (C=N–C) groups is 1. The summed E-state index contributed by atoms with van der Waals surface area (Å²) in [7, 11) is 3.55. The summed E-state index contributed by atoms with van der Waals surface area (Å²) in [5.41, 5.74) is 5.65. The van der Waals surface area contributed by atoms with Crippen LogP contribution in [-0.2, 0) is 7.05 Å². The molecule has 82 valence electrons. The summed E-state index contributed by atoms with van der Waals surface area (Å²) < 4.78 is 1.82. The van der Waals surface area contributed by atoms with Crippen molar-refractivity contribution >= 4 is 41.5 Å². The van der Waals surface area contributed by atoms with Gasteiger partial charge in [-0.3, -0.25) is 0 Å². The van der Waals surface area contributed by atoms with Crippen LogP contribution in [0.1, 0.15) is 5.82 Å². The Hall–Kier alpha value is -1.08. The number of aromatic nitrogens is 2. The SMILES string of the molecule is CNC(=S)/C(N)=N/c1nc(C)n(C)c1S. The largest absolute Gasteiger partial charge is 0.381 e. The minimum atomic E-state index is 0.237. The summed E-state index contributed by atoms with van der Waals surface area (Å²) >= 11 is 9.21. The minimum Gasteiger partial charge on any atom is -0.381 e. The molecule has 0 aliphatic carbocycles. The number of nitrogens with zero attached hydrogens (tertiary/aromatic N) is 3. The number of thiocarbonyl (C=S) groups is 1. The van der Waals surface area contributed by atoms with E-state index < -0.39 is 0 Å². The number of hydrogen-bond acceptors (Lipinski definition) is 4. The highest BCUT2D eigenvalue weighted by Crippen LogP contribution is 2.22. The average molecular weight is 243 g/mol. The van der Waals surface area contributed by atoms with Crippen molar-refractivity contribution in [3.63, 3.8) is 0 Å². The first-order valence-electron chi connectivity index (χ1n) is 4.26. The second-order valence-electron chi connectivity index (χ2n) is 2.94. The second kappa shape index (κ2) is 4.63. The van der Waals surface area contributed by atoms with E-state index in [4.69, 9.17) is 18.0 Å². The van der Waals surface area contributed by atoms with Crippen LogP contribution < -0.4 is 11.1 Å². The maximum atomic E-state index is 5.65. The van der Waals surface area contributed by atoms with E-state index in [1.165, 1.54) is 0 Å². The Bertz CT molecular complexity index is 421. The Morgan fingerprint density at radius 1 is 1.67 bits per heavy atom. The van der Waals surface area contributed by atoms with E-state index in [2.05, 4.69) is 27.9 Å². The Kier molecular flexibility index (Phi) is 3.70. The topological polar surface area (TPSA) is 68.2 Å². The first kappa shape index (κ1) is 12.0. The zero-order valence-electron chi connectivity index (χ0n) is 8.77. The molecule has 0 saturated heterocycles. The van der Waals surface area contributed by atoms with Crippen LogP contribution in [0.25, 0.3) is 0 Å².